The van der Waals surface area contributed by atoms with Crippen LogP contribution in [-0.2, 0) is 11.8 Å². The standard InChI is InChI=1S/C12H18N4O4/c1-7-13-11(16(19)20)10(15(7)2)14-9-6-4-3-5-8(9)12(17)18/h8-9,14H,3-6H2,1-2H3,(H,17,18). The van der Waals surface area contributed by atoms with Crippen LogP contribution in [0.25, 0.3) is 0 Å². The van der Waals surface area contributed by atoms with Crippen LogP contribution in [0.3, 0.4) is 0 Å². The van der Waals surface area contributed by atoms with Gasteiger partial charge in [0.2, 0.25) is 11.6 Å². The molecule has 0 radical (unpaired) electrons. The zero-order valence-electron chi connectivity index (χ0n) is 11.5. The largest absolute Gasteiger partial charge is 0.481 e. The van der Waals surface area contributed by atoms with Gasteiger partial charge in [0.25, 0.3) is 0 Å². The molecule has 8 nitrogen and oxygen atoms in total. The summed E-state index contributed by atoms with van der Waals surface area (Å²) < 4.78 is 1.59. The van der Waals surface area contributed by atoms with Gasteiger partial charge in [-0.2, -0.15) is 0 Å². The lowest BCUT2D eigenvalue weighted by atomic mass is 9.84. The van der Waals surface area contributed by atoms with Crippen LogP contribution in [0.2, 0.25) is 0 Å². The van der Waals surface area contributed by atoms with Crippen molar-refractivity contribution in [2.75, 3.05) is 5.32 Å². The number of aliphatic carboxylic acids is 1. The molecule has 2 rings (SSSR count). The van der Waals surface area contributed by atoms with E-state index in [4.69, 9.17) is 0 Å². The van der Waals surface area contributed by atoms with Crippen LogP contribution < -0.4 is 5.32 Å². The van der Waals surface area contributed by atoms with Crippen LogP contribution in [0.15, 0.2) is 0 Å². The fourth-order valence-corrected chi connectivity index (χ4v) is 2.66. The summed E-state index contributed by atoms with van der Waals surface area (Å²) in [5.74, 6) is -0.824. The molecule has 110 valence electrons. The minimum Gasteiger partial charge on any atom is -0.481 e. The quantitative estimate of drug-likeness (QED) is 0.642. The molecular formula is C12H18N4O4. The summed E-state index contributed by atoms with van der Waals surface area (Å²) in [7, 11) is 1.68. The van der Waals surface area contributed by atoms with Gasteiger partial charge in [-0.25, -0.2) is 0 Å². The smallest absolute Gasteiger partial charge is 0.406 e. The van der Waals surface area contributed by atoms with E-state index in [1.807, 2.05) is 0 Å². The number of aromatic nitrogens is 2. The molecule has 2 atom stereocenters. The Morgan fingerprint density at radius 2 is 2.15 bits per heavy atom. The highest BCUT2D eigenvalue weighted by Gasteiger charge is 2.34. The Bertz CT molecular complexity index is 540. The molecule has 20 heavy (non-hydrogen) atoms. The van der Waals surface area contributed by atoms with Crippen LogP contribution >= 0.6 is 0 Å². The second-order valence-corrected chi connectivity index (χ2v) is 5.13. The highest BCUT2D eigenvalue weighted by atomic mass is 16.6. The zero-order chi connectivity index (χ0) is 14.9. The minimum atomic E-state index is -0.858. The predicted molar refractivity (Wildman–Crippen MR) is 71.6 cm³/mol. The number of rotatable bonds is 4. The molecule has 1 heterocycles. The van der Waals surface area contributed by atoms with Gasteiger partial charge in [-0.05, 0) is 22.7 Å². The van der Waals surface area contributed by atoms with Gasteiger partial charge < -0.3 is 20.5 Å². The molecule has 1 aromatic heterocycles. The van der Waals surface area contributed by atoms with Crippen molar-refractivity contribution >= 4 is 17.6 Å². The van der Waals surface area contributed by atoms with Crippen LogP contribution in [0.4, 0.5) is 11.6 Å². The molecule has 0 amide bonds. The van der Waals surface area contributed by atoms with E-state index in [9.17, 15) is 20.0 Å². The Labute approximate surface area is 116 Å². The minimum absolute atomic E-state index is 0.250. The van der Waals surface area contributed by atoms with Gasteiger partial charge in [0.15, 0.2) is 0 Å². The zero-order valence-corrected chi connectivity index (χ0v) is 11.5. The topological polar surface area (TPSA) is 110 Å². The first-order chi connectivity index (χ1) is 9.41. The molecule has 1 saturated carbocycles. The number of nitro groups is 1. The fourth-order valence-electron chi connectivity index (χ4n) is 2.66. The average Bonchev–Trinajstić information content (AvgIpc) is 2.67. The van der Waals surface area contributed by atoms with Crippen molar-refractivity contribution in [3.8, 4) is 0 Å². The number of carboxylic acids is 1. The molecule has 0 spiro atoms. The Kier molecular flexibility index (Phi) is 3.91. The summed E-state index contributed by atoms with van der Waals surface area (Å²) in [5, 5.41) is 23.3. The third-order valence-corrected chi connectivity index (χ3v) is 3.88. The summed E-state index contributed by atoms with van der Waals surface area (Å²) in [6.45, 7) is 1.67. The number of carbonyl (C=O) groups is 1. The Balaban J connectivity index is 2.28. The first-order valence-electron chi connectivity index (χ1n) is 6.59. The molecule has 0 saturated heterocycles. The predicted octanol–water partition coefficient (Wildman–Crippen LogP) is 1.69. The van der Waals surface area contributed by atoms with Crippen molar-refractivity contribution in [1.29, 1.82) is 0 Å². The molecule has 1 fully saturated rings. The van der Waals surface area contributed by atoms with E-state index in [1.54, 1.807) is 18.5 Å². The molecule has 2 N–H and O–H groups in total. The number of aryl methyl sites for hydroxylation is 1. The van der Waals surface area contributed by atoms with Gasteiger partial charge >= 0.3 is 11.8 Å². The molecule has 1 aromatic rings. The first kappa shape index (κ1) is 14.3. The summed E-state index contributed by atoms with van der Waals surface area (Å²) >= 11 is 0. The maximum Gasteiger partial charge on any atom is 0.406 e. The van der Waals surface area contributed by atoms with E-state index in [2.05, 4.69) is 10.3 Å². The molecule has 2 unspecified atom stereocenters. The van der Waals surface area contributed by atoms with E-state index in [1.165, 1.54) is 0 Å². The summed E-state index contributed by atoms with van der Waals surface area (Å²) in [4.78, 5) is 25.6. The lowest BCUT2D eigenvalue weighted by molar-refractivity contribution is -0.388. The SMILES string of the molecule is Cc1nc([N+](=O)[O-])c(NC2CCCCC2C(=O)O)n1C. The van der Waals surface area contributed by atoms with E-state index in [-0.39, 0.29) is 17.7 Å². The molecule has 8 heteroatoms. The van der Waals surface area contributed by atoms with Crippen LogP contribution in [0.5, 0.6) is 0 Å². The number of nitrogens with zero attached hydrogens (tertiary/aromatic N) is 3. The van der Waals surface area contributed by atoms with E-state index >= 15 is 0 Å². The average molecular weight is 282 g/mol. The van der Waals surface area contributed by atoms with Gasteiger partial charge in [-0.3, -0.25) is 9.36 Å². The lowest BCUT2D eigenvalue weighted by Crippen LogP contribution is -2.37. The Morgan fingerprint density at radius 1 is 1.50 bits per heavy atom. The van der Waals surface area contributed by atoms with Gasteiger partial charge in [0.05, 0.1) is 5.92 Å². The number of imidazole rings is 1. The van der Waals surface area contributed by atoms with Crippen molar-refractivity contribution in [3.63, 3.8) is 0 Å². The van der Waals surface area contributed by atoms with Crippen molar-refractivity contribution < 1.29 is 14.8 Å². The second kappa shape index (κ2) is 5.48. The van der Waals surface area contributed by atoms with Crippen LogP contribution in [-0.4, -0.2) is 31.6 Å². The number of nitrogens with one attached hydrogen (secondary N) is 1. The maximum atomic E-state index is 11.3. The van der Waals surface area contributed by atoms with Gasteiger partial charge in [0.1, 0.15) is 0 Å². The Hall–Kier alpha value is -2.12. The number of hydrogen-bond donors (Lipinski definition) is 2. The highest BCUT2D eigenvalue weighted by molar-refractivity contribution is 5.72. The first-order valence-corrected chi connectivity index (χ1v) is 6.59. The van der Waals surface area contributed by atoms with Gasteiger partial charge in [-0.15, -0.1) is 0 Å². The van der Waals surface area contributed by atoms with E-state index < -0.39 is 16.8 Å². The molecule has 1 aliphatic rings. The van der Waals surface area contributed by atoms with Crippen LogP contribution in [0, 0.1) is 23.0 Å². The molecule has 0 aliphatic heterocycles. The number of carboxylic acid groups (broad SMARTS) is 1. The number of anilines is 1. The third kappa shape index (κ3) is 2.59. The fraction of sp³-hybridized carbons (Fsp3) is 0.667. The maximum absolute atomic E-state index is 11.3. The monoisotopic (exact) mass is 282 g/mol. The van der Waals surface area contributed by atoms with Crippen molar-refractivity contribution in [2.45, 2.75) is 38.6 Å². The van der Waals surface area contributed by atoms with Crippen molar-refractivity contribution in [3.05, 3.63) is 15.9 Å². The molecule has 1 aliphatic carbocycles. The Morgan fingerprint density at radius 3 is 2.75 bits per heavy atom. The van der Waals surface area contributed by atoms with Crippen molar-refractivity contribution in [1.82, 2.24) is 9.55 Å². The van der Waals surface area contributed by atoms with Crippen molar-refractivity contribution in [2.24, 2.45) is 13.0 Å². The van der Waals surface area contributed by atoms with Gasteiger partial charge in [-0.1, -0.05) is 12.8 Å². The van der Waals surface area contributed by atoms with E-state index in [0.29, 0.717) is 18.7 Å². The molecule has 0 bridgehead atoms. The van der Waals surface area contributed by atoms with E-state index in [0.717, 1.165) is 12.8 Å². The van der Waals surface area contributed by atoms with Gasteiger partial charge in [0, 0.05) is 20.0 Å². The molecular weight excluding hydrogens is 264 g/mol. The highest BCUT2D eigenvalue weighted by Crippen LogP contribution is 2.31. The lowest BCUT2D eigenvalue weighted by Gasteiger charge is -2.29. The second-order valence-electron chi connectivity index (χ2n) is 5.13. The third-order valence-electron chi connectivity index (χ3n) is 3.88. The summed E-state index contributed by atoms with van der Waals surface area (Å²) in [6.07, 6.45) is 3.09. The summed E-state index contributed by atoms with van der Waals surface area (Å²) in [5.41, 5.74) is 0. The normalized spacial score (nSPS) is 22.5. The van der Waals surface area contributed by atoms with Crippen LogP contribution in [0.1, 0.15) is 31.5 Å². The number of hydrogen-bond acceptors (Lipinski definition) is 5. The summed E-state index contributed by atoms with van der Waals surface area (Å²) in [6, 6.07) is -0.297. The molecule has 0 aromatic carbocycles.